The van der Waals surface area contributed by atoms with Crippen molar-refractivity contribution in [2.45, 2.75) is 0 Å². The second-order valence-corrected chi connectivity index (χ2v) is 6.31. The van der Waals surface area contributed by atoms with Crippen LogP contribution >= 0.6 is 0 Å². The van der Waals surface area contributed by atoms with Gasteiger partial charge in [0, 0.05) is 5.56 Å². The third-order valence-electron chi connectivity index (χ3n) is 4.35. The number of rotatable bonds is 6. The van der Waals surface area contributed by atoms with E-state index in [0.717, 1.165) is 22.3 Å². The first-order chi connectivity index (χ1) is 14.2. The summed E-state index contributed by atoms with van der Waals surface area (Å²) in [6.45, 7) is -0.104. The fourth-order valence-corrected chi connectivity index (χ4v) is 2.90. The van der Waals surface area contributed by atoms with Gasteiger partial charge in [-0.05, 0) is 48.5 Å². The van der Waals surface area contributed by atoms with Gasteiger partial charge in [0.25, 0.3) is 5.91 Å². The van der Waals surface area contributed by atoms with E-state index in [1.165, 1.54) is 0 Å². The van der Waals surface area contributed by atoms with Crippen LogP contribution in [0.1, 0.15) is 0 Å². The highest BCUT2D eigenvalue weighted by Gasteiger charge is 2.08. The van der Waals surface area contributed by atoms with Crippen LogP contribution in [0.25, 0.3) is 22.3 Å². The molecule has 0 unspecified atom stereocenters. The largest absolute Gasteiger partial charge is 0.495 e. The van der Waals surface area contributed by atoms with Crippen LogP contribution in [0.4, 0.5) is 5.69 Å². The molecule has 6 nitrogen and oxygen atoms in total. The molecular weight excluding hydrogens is 366 g/mol. The van der Waals surface area contributed by atoms with Gasteiger partial charge in [-0.1, -0.05) is 24.3 Å². The highest BCUT2D eigenvalue weighted by molar-refractivity contribution is 5.93. The van der Waals surface area contributed by atoms with Crippen molar-refractivity contribution >= 4 is 22.6 Å². The molecule has 0 bridgehead atoms. The minimum Gasteiger partial charge on any atom is -0.495 e. The van der Waals surface area contributed by atoms with Crippen LogP contribution in [-0.4, -0.2) is 29.6 Å². The predicted octanol–water partition coefficient (Wildman–Crippen LogP) is 4.32. The molecule has 3 aromatic carbocycles. The average molecular weight is 385 g/mol. The Balaban J connectivity index is 1.39. The molecule has 6 heteroatoms. The number of nitrogens with zero attached hydrogens (tertiary/aromatic N) is 2. The standard InChI is InChI=1S/C23H19N3O3/c1-28-22-9-5-4-8-20(22)26-23(27)15-29-17-12-10-16(11-13-17)21-14-24-18-6-2-3-7-19(18)25-21/h2-14H,15H2,1H3,(H,26,27). The number of hydrogen-bond acceptors (Lipinski definition) is 5. The van der Waals surface area contributed by atoms with Crippen molar-refractivity contribution in [3.63, 3.8) is 0 Å². The Hall–Kier alpha value is -3.93. The normalized spacial score (nSPS) is 10.5. The van der Waals surface area contributed by atoms with E-state index >= 15 is 0 Å². The van der Waals surface area contributed by atoms with Gasteiger partial charge in [0.15, 0.2) is 6.61 Å². The molecule has 0 saturated heterocycles. The molecule has 0 aliphatic carbocycles. The lowest BCUT2D eigenvalue weighted by Crippen LogP contribution is -2.20. The zero-order chi connectivity index (χ0) is 20.1. The molecule has 0 saturated carbocycles. The van der Waals surface area contributed by atoms with Gasteiger partial charge in [-0.2, -0.15) is 0 Å². The summed E-state index contributed by atoms with van der Waals surface area (Å²) in [6, 6.07) is 22.4. The molecule has 4 rings (SSSR count). The quantitative estimate of drug-likeness (QED) is 0.535. The van der Waals surface area contributed by atoms with E-state index in [9.17, 15) is 4.79 Å². The maximum Gasteiger partial charge on any atom is 0.262 e. The van der Waals surface area contributed by atoms with Crippen LogP contribution in [0.5, 0.6) is 11.5 Å². The fraction of sp³-hybridized carbons (Fsp3) is 0.0870. The van der Waals surface area contributed by atoms with Crippen LogP contribution < -0.4 is 14.8 Å². The van der Waals surface area contributed by atoms with Crippen LogP contribution in [0.2, 0.25) is 0 Å². The number of fused-ring (bicyclic) bond motifs is 1. The number of methoxy groups -OCH3 is 1. The Morgan fingerprint density at radius 3 is 2.45 bits per heavy atom. The molecule has 0 fully saturated rings. The summed E-state index contributed by atoms with van der Waals surface area (Å²) in [7, 11) is 1.56. The van der Waals surface area contributed by atoms with Gasteiger partial charge in [-0.25, -0.2) is 4.98 Å². The predicted molar refractivity (Wildman–Crippen MR) is 112 cm³/mol. The second kappa shape index (κ2) is 8.39. The summed E-state index contributed by atoms with van der Waals surface area (Å²) < 4.78 is 10.8. The zero-order valence-electron chi connectivity index (χ0n) is 15.8. The lowest BCUT2D eigenvalue weighted by molar-refractivity contribution is -0.118. The summed E-state index contributed by atoms with van der Waals surface area (Å²) >= 11 is 0. The van der Waals surface area contributed by atoms with Crippen LogP contribution in [0.3, 0.4) is 0 Å². The number of anilines is 1. The first-order valence-corrected chi connectivity index (χ1v) is 9.11. The lowest BCUT2D eigenvalue weighted by atomic mass is 10.1. The van der Waals surface area contributed by atoms with Crippen LogP contribution in [0.15, 0.2) is 79.0 Å². The van der Waals surface area contributed by atoms with E-state index < -0.39 is 0 Å². The Labute approximate surface area is 168 Å². The Bertz CT molecular complexity index is 1140. The van der Waals surface area contributed by atoms with E-state index in [2.05, 4.69) is 15.3 Å². The molecule has 144 valence electrons. The highest BCUT2D eigenvalue weighted by Crippen LogP contribution is 2.24. The Morgan fingerprint density at radius 2 is 1.66 bits per heavy atom. The minimum atomic E-state index is -0.265. The summed E-state index contributed by atoms with van der Waals surface area (Å²) in [5.41, 5.74) is 4.02. The van der Waals surface area contributed by atoms with E-state index in [1.807, 2.05) is 60.7 Å². The fourth-order valence-electron chi connectivity index (χ4n) is 2.90. The summed E-state index contributed by atoms with van der Waals surface area (Å²) in [4.78, 5) is 21.2. The number of nitrogens with one attached hydrogen (secondary N) is 1. The molecule has 0 radical (unpaired) electrons. The van der Waals surface area contributed by atoms with Gasteiger partial charge in [0.1, 0.15) is 11.5 Å². The molecule has 0 spiro atoms. The van der Waals surface area contributed by atoms with Crippen molar-refractivity contribution in [2.75, 3.05) is 19.0 Å². The van der Waals surface area contributed by atoms with E-state index in [4.69, 9.17) is 9.47 Å². The number of amides is 1. The van der Waals surface area contributed by atoms with E-state index in [1.54, 1.807) is 25.4 Å². The summed E-state index contributed by atoms with van der Waals surface area (Å²) in [5.74, 6) is 0.929. The number of para-hydroxylation sites is 4. The topological polar surface area (TPSA) is 73.3 Å². The van der Waals surface area contributed by atoms with Gasteiger partial charge >= 0.3 is 0 Å². The maximum absolute atomic E-state index is 12.2. The number of benzene rings is 3. The molecule has 0 atom stereocenters. The zero-order valence-corrected chi connectivity index (χ0v) is 15.8. The molecule has 0 aliphatic rings. The van der Waals surface area contributed by atoms with E-state index in [-0.39, 0.29) is 12.5 Å². The van der Waals surface area contributed by atoms with Crippen LogP contribution in [-0.2, 0) is 4.79 Å². The third kappa shape index (κ3) is 4.32. The second-order valence-electron chi connectivity index (χ2n) is 6.31. The number of carbonyl (C=O) groups excluding carboxylic acids is 1. The van der Waals surface area contributed by atoms with Gasteiger partial charge < -0.3 is 14.8 Å². The molecule has 1 N–H and O–H groups in total. The molecular formula is C23H19N3O3. The van der Waals surface area contributed by atoms with Crippen LogP contribution in [0, 0.1) is 0 Å². The van der Waals surface area contributed by atoms with Crippen molar-refractivity contribution in [3.8, 4) is 22.8 Å². The number of carbonyl (C=O) groups is 1. The molecule has 4 aromatic rings. The average Bonchev–Trinajstić information content (AvgIpc) is 2.78. The first-order valence-electron chi connectivity index (χ1n) is 9.11. The number of ether oxygens (including phenoxy) is 2. The lowest BCUT2D eigenvalue weighted by Gasteiger charge is -2.11. The van der Waals surface area contributed by atoms with Crippen molar-refractivity contribution in [3.05, 3.63) is 79.0 Å². The minimum absolute atomic E-state index is 0.104. The molecule has 29 heavy (non-hydrogen) atoms. The Kier molecular flexibility index (Phi) is 5.33. The maximum atomic E-state index is 12.2. The van der Waals surface area contributed by atoms with Crippen molar-refractivity contribution in [1.82, 2.24) is 9.97 Å². The van der Waals surface area contributed by atoms with Gasteiger partial charge in [-0.3, -0.25) is 9.78 Å². The summed E-state index contributed by atoms with van der Waals surface area (Å²) in [6.07, 6.45) is 1.75. The van der Waals surface area contributed by atoms with Crippen molar-refractivity contribution in [1.29, 1.82) is 0 Å². The van der Waals surface area contributed by atoms with Gasteiger partial charge in [0.2, 0.25) is 0 Å². The smallest absolute Gasteiger partial charge is 0.262 e. The third-order valence-corrected chi connectivity index (χ3v) is 4.35. The summed E-state index contributed by atoms with van der Waals surface area (Å²) in [5, 5.41) is 2.78. The van der Waals surface area contributed by atoms with Gasteiger partial charge in [0.05, 0.1) is 35.7 Å². The van der Waals surface area contributed by atoms with E-state index in [0.29, 0.717) is 17.2 Å². The molecule has 1 amide bonds. The number of aromatic nitrogens is 2. The molecule has 1 aromatic heterocycles. The Morgan fingerprint density at radius 1 is 0.931 bits per heavy atom. The molecule has 1 heterocycles. The monoisotopic (exact) mass is 385 g/mol. The van der Waals surface area contributed by atoms with Crippen molar-refractivity contribution < 1.29 is 14.3 Å². The first kappa shape index (κ1) is 18.4. The highest BCUT2D eigenvalue weighted by atomic mass is 16.5. The SMILES string of the molecule is COc1ccccc1NC(=O)COc1ccc(-c2cnc3ccccc3n2)cc1. The van der Waals surface area contributed by atoms with Gasteiger partial charge in [-0.15, -0.1) is 0 Å². The molecule has 0 aliphatic heterocycles. The number of hydrogen-bond donors (Lipinski definition) is 1. The van der Waals surface area contributed by atoms with Crippen molar-refractivity contribution in [2.24, 2.45) is 0 Å².